The molecule has 1 unspecified atom stereocenters. The molecule has 0 radical (unpaired) electrons. The highest BCUT2D eigenvalue weighted by molar-refractivity contribution is 5.78. The van der Waals surface area contributed by atoms with Gasteiger partial charge < -0.3 is 19.1 Å². The number of hydrogen-bond acceptors (Lipinski definition) is 5. The predicted molar refractivity (Wildman–Crippen MR) is 121 cm³/mol. The Hall–Kier alpha value is -2.53. The number of likely N-dealkylation sites (N-methyl/N-ethyl adjacent to an activating group) is 1. The average molecular weight is 414 g/mol. The molecule has 0 spiro atoms. The van der Waals surface area contributed by atoms with Crippen LogP contribution in [0.4, 0.5) is 0 Å². The molecular formula is C25H35NO4. The summed E-state index contributed by atoms with van der Waals surface area (Å²) in [5.41, 5.74) is 4.69. The fourth-order valence-electron chi connectivity index (χ4n) is 3.58. The number of carbonyl (C=O) groups excluding carboxylic acids is 1. The smallest absolute Gasteiger partial charge is 0.313 e. The number of ether oxygens (including phenoxy) is 3. The molecule has 1 atom stereocenters. The van der Waals surface area contributed by atoms with Crippen LogP contribution in [-0.4, -0.2) is 52.3 Å². The third-order valence-electron chi connectivity index (χ3n) is 5.68. The molecule has 0 aliphatic heterocycles. The second-order valence-electron chi connectivity index (χ2n) is 7.80. The molecule has 2 aromatic carbocycles. The third-order valence-corrected chi connectivity index (χ3v) is 5.68. The molecule has 0 fully saturated rings. The standard InChI is InChI=1S/C25H35NO4/c1-18-9-11-21(16-19(18)2)22(25(27)30-6)8-7-14-26(3)15-13-20-10-12-23(28-4)24(17-20)29-5/h9-12,16-17,22H,7-8,13-15H2,1-6H3. The quantitative estimate of drug-likeness (QED) is 0.507. The van der Waals surface area contributed by atoms with Crippen LogP contribution in [0.2, 0.25) is 0 Å². The summed E-state index contributed by atoms with van der Waals surface area (Å²) in [6.07, 6.45) is 2.62. The molecule has 30 heavy (non-hydrogen) atoms. The van der Waals surface area contributed by atoms with Crippen molar-refractivity contribution in [3.8, 4) is 11.5 Å². The fraction of sp³-hybridized carbons (Fsp3) is 0.480. The summed E-state index contributed by atoms with van der Waals surface area (Å²) in [6.45, 7) is 6.02. The largest absolute Gasteiger partial charge is 0.493 e. The Bertz CT molecular complexity index is 834. The monoisotopic (exact) mass is 413 g/mol. The minimum atomic E-state index is -0.214. The SMILES string of the molecule is COC(=O)C(CCCN(C)CCc1ccc(OC)c(OC)c1)c1ccc(C)c(C)c1. The Morgan fingerprint density at radius 3 is 2.30 bits per heavy atom. The van der Waals surface area contributed by atoms with Gasteiger partial charge in [0.15, 0.2) is 11.5 Å². The summed E-state index contributed by atoms with van der Waals surface area (Å²) in [6, 6.07) is 12.3. The molecule has 5 nitrogen and oxygen atoms in total. The summed E-state index contributed by atoms with van der Waals surface area (Å²) in [5.74, 6) is 1.13. The van der Waals surface area contributed by atoms with Crippen LogP contribution in [0.1, 0.15) is 41.0 Å². The van der Waals surface area contributed by atoms with Crippen molar-refractivity contribution in [3.63, 3.8) is 0 Å². The van der Waals surface area contributed by atoms with E-state index in [9.17, 15) is 4.79 Å². The number of esters is 1. The van der Waals surface area contributed by atoms with Crippen LogP contribution in [0.5, 0.6) is 11.5 Å². The molecule has 0 heterocycles. The zero-order valence-electron chi connectivity index (χ0n) is 19.2. The van der Waals surface area contributed by atoms with E-state index in [0.29, 0.717) is 0 Å². The normalized spacial score (nSPS) is 12.0. The first-order valence-corrected chi connectivity index (χ1v) is 10.4. The van der Waals surface area contributed by atoms with E-state index < -0.39 is 0 Å². The molecule has 0 saturated heterocycles. The maximum atomic E-state index is 12.3. The van der Waals surface area contributed by atoms with Crippen molar-refractivity contribution >= 4 is 5.97 Å². The zero-order valence-corrected chi connectivity index (χ0v) is 19.2. The summed E-state index contributed by atoms with van der Waals surface area (Å²) >= 11 is 0. The van der Waals surface area contributed by atoms with Gasteiger partial charge in [0.1, 0.15) is 0 Å². The molecule has 2 aromatic rings. The molecule has 0 aliphatic rings. The minimum Gasteiger partial charge on any atom is -0.493 e. The zero-order chi connectivity index (χ0) is 22.1. The van der Waals surface area contributed by atoms with Crippen LogP contribution in [0, 0.1) is 13.8 Å². The lowest BCUT2D eigenvalue weighted by atomic mass is 9.92. The lowest BCUT2D eigenvalue weighted by Gasteiger charge is -2.20. The third kappa shape index (κ3) is 6.49. The van der Waals surface area contributed by atoms with Gasteiger partial charge in [-0.2, -0.15) is 0 Å². The maximum Gasteiger partial charge on any atom is 0.313 e. The maximum absolute atomic E-state index is 12.3. The number of hydrogen-bond donors (Lipinski definition) is 0. The molecule has 2 rings (SSSR count). The molecule has 0 aromatic heterocycles. The number of methoxy groups -OCH3 is 3. The Labute approximate surface area is 180 Å². The van der Waals surface area contributed by atoms with E-state index in [1.54, 1.807) is 14.2 Å². The average Bonchev–Trinajstić information content (AvgIpc) is 2.76. The Kier molecular flexibility index (Phi) is 9.18. The highest BCUT2D eigenvalue weighted by Crippen LogP contribution is 2.28. The molecule has 5 heteroatoms. The van der Waals surface area contributed by atoms with Gasteiger partial charge in [0.05, 0.1) is 27.2 Å². The summed E-state index contributed by atoms with van der Waals surface area (Å²) in [5, 5.41) is 0. The van der Waals surface area contributed by atoms with Crippen LogP contribution in [-0.2, 0) is 16.0 Å². The van der Waals surface area contributed by atoms with Crippen LogP contribution >= 0.6 is 0 Å². The van der Waals surface area contributed by atoms with E-state index in [1.807, 2.05) is 18.2 Å². The van der Waals surface area contributed by atoms with Gasteiger partial charge in [-0.15, -0.1) is 0 Å². The number of benzene rings is 2. The first-order valence-electron chi connectivity index (χ1n) is 10.4. The second-order valence-corrected chi connectivity index (χ2v) is 7.80. The van der Waals surface area contributed by atoms with Gasteiger partial charge in [0.2, 0.25) is 0 Å². The summed E-state index contributed by atoms with van der Waals surface area (Å²) in [4.78, 5) is 14.6. The van der Waals surface area contributed by atoms with E-state index in [2.05, 4.69) is 44.0 Å². The van der Waals surface area contributed by atoms with Gasteiger partial charge >= 0.3 is 5.97 Å². The molecular weight excluding hydrogens is 378 g/mol. The van der Waals surface area contributed by atoms with Gasteiger partial charge in [0, 0.05) is 6.54 Å². The van der Waals surface area contributed by atoms with Crippen molar-refractivity contribution in [1.82, 2.24) is 4.90 Å². The lowest BCUT2D eigenvalue weighted by Crippen LogP contribution is -2.24. The van der Waals surface area contributed by atoms with Crippen molar-refractivity contribution in [2.45, 2.75) is 39.0 Å². The van der Waals surface area contributed by atoms with Crippen molar-refractivity contribution in [3.05, 3.63) is 58.7 Å². The topological polar surface area (TPSA) is 48.0 Å². The number of carbonyl (C=O) groups is 1. The van der Waals surface area contributed by atoms with E-state index >= 15 is 0 Å². The highest BCUT2D eigenvalue weighted by atomic mass is 16.5. The first-order chi connectivity index (χ1) is 14.4. The van der Waals surface area contributed by atoms with Crippen LogP contribution < -0.4 is 9.47 Å². The Morgan fingerprint density at radius 2 is 1.67 bits per heavy atom. The van der Waals surface area contributed by atoms with Gasteiger partial charge in [-0.25, -0.2) is 0 Å². The Morgan fingerprint density at radius 1 is 0.933 bits per heavy atom. The fourth-order valence-corrected chi connectivity index (χ4v) is 3.58. The molecule has 0 aliphatic carbocycles. The summed E-state index contributed by atoms with van der Waals surface area (Å²) in [7, 11) is 6.88. The molecule has 0 amide bonds. The summed E-state index contributed by atoms with van der Waals surface area (Å²) < 4.78 is 15.7. The van der Waals surface area contributed by atoms with Crippen molar-refractivity contribution in [2.75, 3.05) is 41.5 Å². The van der Waals surface area contributed by atoms with E-state index in [1.165, 1.54) is 23.8 Å². The van der Waals surface area contributed by atoms with Crippen molar-refractivity contribution in [1.29, 1.82) is 0 Å². The number of aryl methyl sites for hydroxylation is 2. The van der Waals surface area contributed by atoms with Gasteiger partial charge in [-0.05, 0) is 81.1 Å². The van der Waals surface area contributed by atoms with Crippen LogP contribution in [0.15, 0.2) is 36.4 Å². The van der Waals surface area contributed by atoms with Crippen molar-refractivity contribution < 1.29 is 19.0 Å². The van der Waals surface area contributed by atoms with Gasteiger partial charge in [-0.1, -0.05) is 24.3 Å². The molecule has 0 bridgehead atoms. The predicted octanol–water partition coefficient (Wildman–Crippen LogP) is 4.53. The van der Waals surface area contributed by atoms with Crippen LogP contribution in [0.25, 0.3) is 0 Å². The molecule has 0 saturated carbocycles. The van der Waals surface area contributed by atoms with Crippen molar-refractivity contribution in [2.24, 2.45) is 0 Å². The number of nitrogens with zero attached hydrogens (tertiary/aromatic N) is 1. The lowest BCUT2D eigenvalue weighted by molar-refractivity contribution is -0.142. The highest BCUT2D eigenvalue weighted by Gasteiger charge is 2.21. The van der Waals surface area contributed by atoms with Gasteiger partial charge in [0.25, 0.3) is 0 Å². The first kappa shape index (κ1) is 23.7. The number of rotatable bonds is 11. The molecule has 0 N–H and O–H groups in total. The second kappa shape index (κ2) is 11.6. The minimum absolute atomic E-state index is 0.161. The van der Waals surface area contributed by atoms with Gasteiger partial charge in [-0.3, -0.25) is 4.79 Å². The van der Waals surface area contributed by atoms with E-state index in [-0.39, 0.29) is 11.9 Å². The van der Waals surface area contributed by atoms with E-state index in [4.69, 9.17) is 14.2 Å². The van der Waals surface area contributed by atoms with Crippen LogP contribution in [0.3, 0.4) is 0 Å². The molecule has 164 valence electrons. The Balaban J connectivity index is 1.88. The van der Waals surface area contributed by atoms with E-state index in [0.717, 1.165) is 49.4 Å².